The molecule has 174 valence electrons. The zero-order valence-corrected chi connectivity index (χ0v) is 20.7. The van der Waals surface area contributed by atoms with Crippen LogP contribution in [0.25, 0.3) is 28.2 Å². The molecule has 0 aliphatic heterocycles. The van der Waals surface area contributed by atoms with Crippen molar-refractivity contribution in [2.24, 2.45) is 0 Å². The highest BCUT2D eigenvalue weighted by atomic mass is 35.5. The van der Waals surface area contributed by atoms with E-state index in [0.717, 1.165) is 53.2 Å². The van der Waals surface area contributed by atoms with Gasteiger partial charge in [0.05, 0.1) is 28.3 Å². The molecule has 4 rings (SSSR count). The second-order valence-corrected chi connectivity index (χ2v) is 9.25. The van der Waals surface area contributed by atoms with Gasteiger partial charge in [0.1, 0.15) is 0 Å². The Morgan fingerprint density at radius 1 is 0.971 bits per heavy atom. The minimum atomic E-state index is 0.135. The molecule has 2 heterocycles. The molecule has 0 atom stereocenters. The molecule has 0 bridgehead atoms. The zero-order valence-electron chi connectivity index (χ0n) is 20.0. The second kappa shape index (κ2) is 10.8. The van der Waals surface area contributed by atoms with Crippen LogP contribution in [0.15, 0.2) is 79.1 Å². The topological polar surface area (TPSA) is 38.1 Å². The molecule has 2 aromatic heterocycles. The van der Waals surface area contributed by atoms with E-state index in [1.165, 1.54) is 0 Å². The van der Waals surface area contributed by atoms with Crippen molar-refractivity contribution in [3.05, 3.63) is 95.3 Å². The normalized spacial score (nSPS) is 11.2. The predicted octanol–water partition coefficient (Wildman–Crippen LogP) is 7.08. The van der Waals surface area contributed by atoms with Crippen LogP contribution in [0.1, 0.15) is 35.2 Å². The summed E-state index contributed by atoms with van der Waals surface area (Å²) in [5.74, 6) is 0.135. The van der Waals surface area contributed by atoms with E-state index in [0.29, 0.717) is 17.0 Å². The number of nitrogens with zero attached hydrogens (tertiary/aromatic N) is 3. The molecule has 0 saturated carbocycles. The smallest absolute Gasteiger partial charge is 0.162 e. The molecule has 4 nitrogen and oxygen atoms in total. The standard InChI is InChI=1S/C29H30ClN3O/c1-21-16-17-31-20-28(21)33-26(22-9-5-4-6-10-22)14-15-27(33)24-13-12-23(19-25(24)30)29(34)11-7-8-18-32(2)3/h4-6,9-10,12-17,19-20H,7-8,11,18H2,1-3H3. The number of halogens is 1. The van der Waals surface area contributed by atoms with Gasteiger partial charge >= 0.3 is 0 Å². The van der Waals surface area contributed by atoms with E-state index in [9.17, 15) is 4.79 Å². The van der Waals surface area contributed by atoms with Crippen molar-refractivity contribution in [1.29, 1.82) is 0 Å². The summed E-state index contributed by atoms with van der Waals surface area (Å²) in [5.41, 5.74) is 6.80. The summed E-state index contributed by atoms with van der Waals surface area (Å²) in [6.45, 7) is 3.07. The van der Waals surface area contributed by atoms with Crippen molar-refractivity contribution >= 4 is 17.4 Å². The monoisotopic (exact) mass is 471 g/mol. The summed E-state index contributed by atoms with van der Waals surface area (Å²) in [6.07, 6.45) is 6.10. The lowest BCUT2D eigenvalue weighted by molar-refractivity contribution is 0.0978. The van der Waals surface area contributed by atoms with Gasteiger partial charge in [-0.15, -0.1) is 0 Å². The Balaban J connectivity index is 1.70. The van der Waals surface area contributed by atoms with Gasteiger partial charge in [0.25, 0.3) is 0 Å². The third kappa shape index (κ3) is 5.30. The van der Waals surface area contributed by atoms with Crippen LogP contribution in [0.3, 0.4) is 0 Å². The zero-order chi connectivity index (χ0) is 24.1. The Hall–Kier alpha value is -3.21. The minimum absolute atomic E-state index is 0.135. The van der Waals surface area contributed by atoms with Gasteiger partial charge < -0.3 is 9.47 Å². The van der Waals surface area contributed by atoms with Crippen LogP contribution in [0.5, 0.6) is 0 Å². The highest BCUT2D eigenvalue weighted by Crippen LogP contribution is 2.36. The van der Waals surface area contributed by atoms with Crippen LogP contribution in [-0.4, -0.2) is 40.9 Å². The summed E-state index contributed by atoms with van der Waals surface area (Å²) < 4.78 is 2.20. The Labute approximate surface area is 206 Å². The molecule has 0 fully saturated rings. The van der Waals surface area contributed by atoms with Gasteiger partial charge in [0, 0.05) is 23.7 Å². The highest BCUT2D eigenvalue weighted by Gasteiger charge is 2.18. The maximum Gasteiger partial charge on any atom is 0.162 e. The Kier molecular flexibility index (Phi) is 7.61. The van der Waals surface area contributed by atoms with Crippen molar-refractivity contribution in [3.8, 4) is 28.2 Å². The van der Waals surface area contributed by atoms with E-state index in [2.05, 4.69) is 45.6 Å². The van der Waals surface area contributed by atoms with Crippen molar-refractivity contribution in [2.75, 3.05) is 20.6 Å². The summed E-state index contributed by atoms with van der Waals surface area (Å²) in [5, 5.41) is 0.569. The first kappa shape index (κ1) is 23.9. The lowest BCUT2D eigenvalue weighted by Crippen LogP contribution is -2.13. The van der Waals surface area contributed by atoms with Gasteiger partial charge in [-0.05, 0) is 75.8 Å². The molecule has 4 aromatic rings. The van der Waals surface area contributed by atoms with Gasteiger partial charge in [-0.25, -0.2) is 0 Å². The summed E-state index contributed by atoms with van der Waals surface area (Å²) >= 11 is 6.78. The molecule has 0 spiro atoms. The fourth-order valence-electron chi connectivity index (χ4n) is 4.18. The van der Waals surface area contributed by atoms with E-state index >= 15 is 0 Å². The van der Waals surface area contributed by atoms with E-state index in [1.807, 2.05) is 56.7 Å². The number of carbonyl (C=O) groups is 1. The Bertz CT molecular complexity index is 1280. The molecule has 0 aliphatic rings. The number of pyridine rings is 1. The average molecular weight is 472 g/mol. The number of unbranched alkanes of at least 4 members (excludes halogenated alkanes) is 1. The minimum Gasteiger partial charge on any atom is -0.309 e. The molecule has 2 aromatic carbocycles. The lowest BCUT2D eigenvalue weighted by atomic mass is 10.0. The molecule has 0 N–H and O–H groups in total. The quantitative estimate of drug-likeness (QED) is 0.193. The molecular formula is C29H30ClN3O. The van der Waals surface area contributed by atoms with Crippen LogP contribution in [-0.2, 0) is 0 Å². The molecular weight excluding hydrogens is 442 g/mol. The van der Waals surface area contributed by atoms with Crippen LogP contribution >= 0.6 is 11.6 Å². The number of aryl methyl sites for hydroxylation is 1. The van der Waals surface area contributed by atoms with E-state index in [-0.39, 0.29) is 5.78 Å². The first-order valence-corrected chi connectivity index (χ1v) is 12.0. The number of benzene rings is 2. The van der Waals surface area contributed by atoms with Crippen LogP contribution in [0.2, 0.25) is 5.02 Å². The van der Waals surface area contributed by atoms with E-state index in [1.54, 1.807) is 12.3 Å². The van der Waals surface area contributed by atoms with Crippen LogP contribution < -0.4 is 0 Å². The number of hydrogen-bond acceptors (Lipinski definition) is 3. The van der Waals surface area contributed by atoms with Gasteiger partial charge in [0.15, 0.2) is 5.78 Å². The van der Waals surface area contributed by atoms with Crippen molar-refractivity contribution < 1.29 is 4.79 Å². The summed E-state index contributed by atoms with van der Waals surface area (Å²) in [7, 11) is 4.10. The molecule has 0 saturated heterocycles. The number of aromatic nitrogens is 2. The number of Topliss-reactive ketones (excluding diaryl/α,β-unsaturated/α-hetero) is 1. The van der Waals surface area contributed by atoms with Crippen molar-refractivity contribution in [1.82, 2.24) is 14.5 Å². The van der Waals surface area contributed by atoms with Crippen molar-refractivity contribution in [2.45, 2.75) is 26.2 Å². The molecule has 34 heavy (non-hydrogen) atoms. The first-order chi connectivity index (χ1) is 16.5. The van der Waals surface area contributed by atoms with Gasteiger partial charge in [-0.3, -0.25) is 9.78 Å². The predicted molar refractivity (Wildman–Crippen MR) is 141 cm³/mol. The molecule has 0 radical (unpaired) electrons. The Morgan fingerprint density at radius 3 is 2.44 bits per heavy atom. The molecule has 0 aliphatic carbocycles. The highest BCUT2D eigenvalue weighted by molar-refractivity contribution is 6.33. The maximum absolute atomic E-state index is 12.7. The average Bonchev–Trinajstić information content (AvgIpc) is 3.27. The first-order valence-electron chi connectivity index (χ1n) is 11.6. The number of carbonyl (C=O) groups excluding carboxylic acids is 1. The molecule has 0 unspecified atom stereocenters. The third-order valence-corrected chi connectivity index (χ3v) is 6.34. The molecule has 5 heteroatoms. The SMILES string of the molecule is Cc1ccncc1-n1c(-c2ccccc2)ccc1-c1ccc(C(=O)CCCCN(C)C)cc1Cl. The number of ketones is 1. The summed E-state index contributed by atoms with van der Waals surface area (Å²) in [4.78, 5) is 19.2. The Morgan fingerprint density at radius 2 is 1.74 bits per heavy atom. The fraction of sp³-hybridized carbons (Fsp3) is 0.241. The van der Waals surface area contributed by atoms with Gasteiger partial charge in [-0.1, -0.05) is 54.1 Å². The number of hydrogen-bond donors (Lipinski definition) is 0. The largest absolute Gasteiger partial charge is 0.309 e. The van der Waals surface area contributed by atoms with Crippen LogP contribution in [0.4, 0.5) is 0 Å². The molecule has 0 amide bonds. The summed E-state index contributed by atoms with van der Waals surface area (Å²) in [6, 6.07) is 22.1. The lowest BCUT2D eigenvalue weighted by Gasteiger charge is -2.17. The number of rotatable bonds is 9. The fourth-order valence-corrected chi connectivity index (χ4v) is 4.46. The van der Waals surface area contributed by atoms with Crippen LogP contribution in [0, 0.1) is 6.92 Å². The second-order valence-electron chi connectivity index (χ2n) is 8.85. The van der Waals surface area contributed by atoms with Gasteiger partial charge in [-0.2, -0.15) is 0 Å². The van der Waals surface area contributed by atoms with Gasteiger partial charge in [0.2, 0.25) is 0 Å². The van der Waals surface area contributed by atoms with E-state index in [4.69, 9.17) is 11.6 Å². The van der Waals surface area contributed by atoms with E-state index < -0.39 is 0 Å². The third-order valence-electron chi connectivity index (χ3n) is 6.03. The maximum atomic E-state index is 12.7. The van der Waals surface area contributed by atoms with Crippen molar-refractivity contribution in [3.63, 3.8) is 0 Å².